The minimum absolute atomic E-state index is 0.0274. The predicted molar refractivity (Wildman–Crippen MR) is 79.7 cm³/mol. The normalized spacial score (nSPS) is 17.1. The van der Waals surface area contributed by atoms with Crippen LogP contribution in [0.15, 0.2) is 24.3 Å². The van der Waals surface area contributed by atoms with Gasteiger partial charge in [0, 0.05) is 30.4 Å². The van der Waals surface area contributed by atoms with E-state index in [1.54, 1.807) is 0 Å². The van der Waals surface area contributed by atoms with Crippen molar-refractivity contribution in [2.45, 2.75) is 45.6 Å². The molecule has 1 aliphatic heterocycles. The van der Waals surface area contributed by atoms with E-state index in [0.717, 1.165) is 25.1 Å². The number of nitrogens with one attached hydrogen (secondary N) is 1. The Hall–Kier alpha value is -1.51. The molecule has 0 aliphatic carbocycles. The third-order valence-corrected chi connectivity index (χ3v) is 3.84. The maximum Gasteiger partial charge on any atom is 0.251 e. The first-order chi connectivity index (χ1) is 9.20. The van der Waals surface area contributed by atoms with Crippen LogP contribution in [0, 0.1) is 0 Å². The smallest absolute Gasteiger partial charge is 0.251 e. The van der Waals surface area contributed by atoms with Crippen molar-refractivity contribution < 1.29 is 4.79 Å². The van der Waals surface area contributed by atoms with Gasteiger partial charge >= 0.3 is 0 Å². The number of piperidine rings is 1. The molecule has 0 bridgehead atoms. The van der Waals surface area contributed by atoms with Gasteiger partial charge in [-0.05, 0) is 56.9 Å². The van der Waals surface area contributed by atoms with E-state index < -0.39 is 0 Å². The molecule has 3 heteroatoms. The van der Waals surface area contributed by atoms with Crippen LogP contribution >= 0.6 is 0 Å². The average Bonchev–Trinajstić information content (AvgIpc) is 2.48. The molecule has 2 rings (SSSR count). The molecular formula is C16H24N2O. The molecule has 1 fully saturated rings. The maximum absolute atomic E-state index is 12.0. The fourth-order valence-electron chi connectivity index (χ4n) is 2.38. The van der Waals surface area contributed by atoms with Gasteiger partial charge in [-0.1, -0.05) is 6.92 Å². The lowest BCUT2D eigenvalue weighted by Crippen LogP contribution is -2.32. The minimum atomic E-state index is 0.0274. The molecule has 0 spiro atoms. The molecular weight excluding hydrogens is 236 g/mol. The number of nitrogens with zero attached hydrogens (tertiary/aromatic N) is 1. The second-order valence-corrected chi connectivity index (χ2v) is 5.38. The number of carbonyl (C=O) groups is 1. The molecule has 1 atom stereocenters. The summed E-state index contributed by atoms with van der Waals surface area (Å²) >= 11 is 0. The van der Waals surface area contributed by atoms with Crippen LogP contribution in [0.4, 0.5) is 5.69 Å². The highest BCUT2D eigenvalue weighted by Gasteiger charge is 2.12. The number of rotatable bonds is 4. The molecule has 1 aromatic carbocycles. The fourth-order valence-corrected chi connectivity index (χ4v) is 2.38. The highest BCUT2D eigenvalue weighted by Crippen LogP contribution is 2.20. The monoisotopic (exact) mass is 260 g/mol. The Morgan fingerprint density at radius 3 is 2.42 bits per heavy atom. The Balaban J connectivity index is 1.99. The first-order valence-corrected chi connectivity index (χ1v) is 7.36. The van der Waals surface area contributed by atoms with Crippen molar-refractivity contribution in [3.8, 4) is 0 Å². The van der Waals surface area contributed by atoms with Crippen molar-refractivity contribution in [1.82, 2.24) is 5.32 Å². The van der Waals surface area contributed by atoms with Crippen LogP contribution in [0.25, 0.3) is 0 Å². The van der Waals surface area contributed by atoms with E-state index in [-0.39, 0.29) is 11.9 Å². The maximum atomic E-state index is 12.0. The highest BCUT2D eigenvalue weighted by molar-refractivity contribution is 5.94. The zero-order valence-electron chi connectivity index (χ0n) is 12.0. The van der Waals surface area contributed by atoms with Crippen molar-refractivity contribution in [2.24, 2.45) is 0 Å². The first kappa shape index (κ1) is 13.9. The van der Waals surface area contributed by atoms with E-state index in [2.05, 4.69) is 29.3 Å². The number of hydrogen-bond acceptors (Lipinski definition) is 2. The number of anilines is 1. The summed E-state index contributed by atoms with van der Waals surface area (Å²) in [5.41, 5.74) is 1.99. The van der Waals surface area contributed by atoms with Gasteiger partial charge in [-0.2, -0.15) is 0 Å². The molecule has 19 heavy (non-hydrogen) atoms. The van der Waals surface area contributed by atoms with Gasteiger partial charge in [-0.25, -0.2) is 0 Å². The van der Waals surface area contributed by atoms with Gasteiger partial charge in [0.25, 0.3) is 5.91 Å². The van der Waals surface area contributed by atoms with Crippen LogP contribution in [0.5, 0.6) is 0 Å². The van der Waals surface area contributed by atoms with E-state index in [9.17, 15) is 4.79 Å². The Labute approximate surface area is 116 Å². The summed E-state index contributed by atoms with van der Waals surface area (Å²) in [5.74, 6) is 0.0274. The molecule has 0 radical (unpaired) electrons. The molecule has 1 saturated heterocycles. The van der Waals surface area contributed by atoms with Crippen LogP contribution in [0.1, 0.15) is 49.9 Å². The molecule has 104 valence electrons. The van der Waals surface area contributed by atoms with Gasteiger partial charge in [0.2, 0.25) is 0 Å². The lowest BCUT2D eigenvalue weighted by Gasteiger charge is -2.28. The van der Waals surface area contributed by atoms with E-state index >= 15 is 0 Å². The summed E-state index contributed by atoms with van der Waals surface area (Å²) in [6.07, 6.45) is 4.84. The van der Waals surface area contributed by atoms with Crippen LogP contribution < -0.4 is 10.2 Å². The number of benzene rings is 1. The Bertz CT molecular complexity index is 407. The zero-order valence-corrected chi connectivity index (χ0v) is 12.0. The van der Waals surface area contributed by atoms with Crippen molar-refractivity contribution in [2.75, 3.05) is 18.0 Å². The van der Waals surface area contributed by atoms with E-state index in [4.69, 9.17) is 0 Å². The van der Waals surface area contributed by atoms with Crippen LogP contribution in [-0.4, -0.2) is 25.0 Å². The molecule has 1 aromatic rings. The minimum Gasteiger partial charge on any atom is -0.372 e. The Morgan fingerprint density at radius 1 is 1.21 bits per heavy atom. The van der Waals surface area contributed by atoms with E-state index in [1.807, 2.05) is 19.1 Å². The summed E-state index contributed by atoms with van der Waals surface area (Å²) in [6.45, 7) is 6.38. The van der Waals surface area contributed by atoms with Gasteiger partial charge in [0.05, 0.1) is 0 Å². The molecule has 0 saturated carbocycles. The standard InChI is InChI=1S/C16H24N2O/c1-3-13(2)17-16(19)14-7-9-15(10-8-14)18-11-5-4-6-12-18/h7-10,13H,3-6,11-12H2,1-2H3,(H,17,19). The summed E-state index contributed by atoms with van der Waals surface area (Å²) in [4.78, 5) is 14.4. The molecule has 1 aliphatic rings. The van der Waals surface area contributed by atoms with Gasteiger partial charge in [0.15, 0.2) is 0 Å². The van der Waals surface area contributed by atoms with Gasteiger partial charge in [0.1, 0.15) is 0 Å². The third kappa shape index (κ3) is 3.72. The lowest BCUT2D eigenvalue weighted by molar-refractivity contribution is 0.0939. The van der Waals surface area contributed by atoms with Crippen LogP contribution in [0.2, 0.25) is 0 Å². The van der Waals surface area contributed by atoms with Gasteiger partial charge < -0.3 is 10.2 Å². The number of hydrogen-bond donors (Lipinski definition) is 1. The van der Waals surface area contributed by atoms with Crippen LogP contribution in [0.3, 0.4) is 0 Å². The van der Waals surface area contributed by atoms with Crippen molar-refractivity contribution in [3.63, 3.8) is 0 Å². The number of carbonyl (C=O) groups excluding carboxylic acids is 1. The first-order valence-electron chi connectivity index (χ1n) is 7.36. The average molecular weight is 260 g/mol. The Kier molecular flexibility index (Phi) is 4.83. The molecule has 1 amide bonds. The van der Waals surface area contributed by atoms with Gasteiger partial charge in [-0.15, -0.1) is 0 Å². The fraction of sp³-hybridized carbons (Fsp3) is 0.562. The summed E-state index contributed by atoms with van der Waals surface area (Å²) in [6, 6.07) is 8.23. The largest absolute Gasteiger partial charge is 0.372 e. The second kappa shape index (κ2) is 6.60. The summed E-state index contributed by atoms with van der Waals surface area (Å²) in [5, 5.41) is 2.99. The molecule has 0 aromatic heterocycles. The molecule has 1 N–H and O–H groups in total. The lowest BCUT2D eigenvalue weighted by atomic mass is 10.1. The van der Waals surface area contributed by atoms with E-state index in [0.29, 0.717) is 0 Å². The van der Waals surface area contributed by atoms with E-state index in [1.165, 1.54) is 24.9 Å². The van der Waals surface area contributed by atoms with Crippen molar-refractivity contribution in [3.05, 3.63) is 29.8 Å². The van der Waals surface area contributed by atoms with Crippen molar-refractivity contribution >= 4 is 11.6 Å². The predicted octanol–water partition coefficient (Wildman–Crippen LogP) is 3.21. The molecule has 1 heterocycles. The highest BCUT2D eigenvalue weighted by atomic mass is 16.1. The van der Waals surface area contributed by atoms with Crippen LogP contribution in [-0.2, 0) is 0 Å². The summed E-state index contributed by atoms with van der Waals surface area (Å²) < 4.78 is 0. The molecule has 3 nitrogen and oxygen atoms in total. The second-order valence-electron chi connectivity index (χ2n) is 5.38. The van der Waals surface area contributed by atoms with Crippen molar-refractivity contribution in [1.29, 1.82) is 0 Å². The SMILES string of the molecule is CCC(C)NC(=O)c1ccc(N2CCCCC2)cc1. The quantitative estimate of drug-likeness (QED) is 0.901. The third-order valence-electron chi connectivity index (χ3n) is 3.84. The zero-order chi connectivity index (χ0) is 13.7. The Morgan fingerprint density at radius 2 is 1.84 bits per heavy atom. The van der Waals surface area contributed by atoms with Gasteiger partial charge in [-0.3, -0.25) is 4.79 Å². The molecule has 1 unspecified atom stereocenters. The number of amides is 1. The summed E-state index contributed by atoms with van der Waals surface area (Å²) in [7, 11) is 0. The topological polar surface area (TPSA) is 32.3 Å².